The molecule has 3 N–H and O–H groups in total. The molecule has 2 aromatic heterocycles. The molecule has 0 saturated heterocycles. The van der Waals surface area contributed by atoms with E-state index in [1.165, 1.54) is 28.2 Å². The fraction of sp³-hybridized carbons (Fsp3) is 0.148. The first-order valence-electron chi connectivity index (χ1n) is 10.9. The van der Waals surface area contributed by atoms with Gasteiger partial charge in [0.05, 0.1) is 11.4 Å². The monoisotopic (exact) mass is 504 g/mol. The molecule has 0 aliphatic rings. The minimum Gasteiger partial charge on any atom is -0.444 e. The van der Waals surface area contributed by atoms with Crippen LogP contribution in [-0.4, -0.2) is 21.7 Å². The standard InChI is InChI=1S/C16H18N2O2S.C11H10N2S/c1-16(2,3)20-15(19)18-14-17-13(11-21-14)10-9-12-7-5-4-6-8-12;12-11-13-10(8-14-11)7-6-9-4-2-1-3-5-9/h4-11H,1-3H3,(H,17,18,19);1-8H,(H2,12,13)/b10-9+;7-6+. The van der Waals surface area contributed by atoms with Crippen LogP contribution in [0.15, 0.2) is 71.4 Å². The van der Waals surface area contributed by atoms with E-state index in [-0.39, 0.29) is 0 Å². The fourth-order valence-electron chi connectivity index (χ4n) is 2.68. The van der Waals surface area contributed by atoms with Crippen LogP contribution in [0.3, 0.4) is 0 Å². The van der Waals surface area contributed by atoms with Crippen LogP contribution in [0.2, 0.25) is 0 Å². The number of nitrogens with two attached hydrogens (primary N) is 1. The van der Waals surface area contributed by atoms with E-state index in [0.717, 1.165) is 17.0 Å². The molecule has 1 amide bonds. The number of amides is 1. The Kier molecular flexibility index (Phi) is 9.34. The Labute approximate surface area is 213 Å². The molecule has 0 saturated carbocycles. The highest BCUT2D eigenvalue weighted by Crippen LogP contribution is 2.19. The fourth-order valence-corrected chi connectivity index (χ4v) is 3.87. The van der Waals surface area contributed by atoms with Gasteiger partial charge in [-0.15, -0.1) is 22.7 Å². The second kappa shape index (κ2) is 12.6. The highest BCUT2D eigenvalue weighted by molar-refractivity contribution is 7.14. The molecule has 180 valence electrons. The van der Waals surface area contributed by atoms with Crippen molar-refractivity contribution in [3.05, 3.63) is 93.9 Å². The van der Waals surface area contributed by atoms with Gasteiger partial charge in [0, 0.05) is 10.8 Å². The largest absolute Gasteiger partial charge is 0.444 e. The number of rotatable bonds is 5. The van der Waals surface area contributed by atoms with Gasteiger partial charge < -0.3 is 10.5 Å². The molecular formula is C27H28N4O2S2. The number of nitrogens with zero attached hydrogens (tertiary/aromatic N) is 2. The van der Waals surface area contributed by atoms with Crippen LogP contribution >= 0.6 is 22.7 Å². The van der Waals surface area contributed by atoms with Crippen LogP contribution in [0.1, 0.15) is 43.3 Å². The first-order valence-corrected chi connectivity index (χ1v) is 12.7. The summed E-state index contributed by atoms with van der Waals surface area (Å²) in [4.78, 5) is 20.1. The smallest absolute Gasteiger partial charge is 0.413 e. The molecule has 0 radical (unpaired) electrons. The number of nitrogens with one attached hydrogen (secondary N) is 1. The Balaban J connectivity index is 0.000000211. The lowest BCUT2D eigenvalue weighted by Gasteiger charge is -2.18. The maximum atomic E-state index is 11.6. The Hall–Kier alpha value is -3.75. The lowest BCUT2D eigenvalue weighted by atomic mass is 10.2. The summed E-state index contributed by atoms with van der Waals surface area (Å²) in [7, 11) is 0. The zero-order chi connectivity index (χ0) is 25.1. The van der Waals surface area contributed by atoms with Gasteiger partial charge in [-0.05, 0) is 44.1 Å². The Bertz CT molecular complexity index is 1260. The number of hydrogen-bond donors (Lipinski definition) is 2. The SMILES string of the molecule is CC(C)(C)OC(=O)Nc1nc(/C=C/c2ccccc2)cs1.Nc1nc(/C=C/c2ccccc2)cs1. The van der Waals surface area contributed by atoms with Crippen molar-refractivity contribution in [3.8, 4) is 0 Å². The zero-order valence-electron chi connectivity index (χ0n) is 19.8. The molecular weight excluding hydrogens is 476 g/mol. The topological polar surface area (TPSA) is 90.1 Å². The highest BCUT2D eigenvalue weighted by Gasteiger charge is 2.17. The van der Waals surface area contributed by atoms with E-state index in [9.17, 15) is 4.79 Å². The summed E-state index contributed by atoms with van der Waals surface area (Å²) in [5, 5.41) is 7.58. The quantitative estimate of drug-likeness (QED) is 0.293. The van der Waals surface area contributed by atoms with E-state index in [4.69, 9.17) is 10.5 Å². The van der Waals surface area contributed by atoms with E-state index >= 15 is 0 Å². The van der Waals surface area contributed by atoms with Crippen molar-refractivity contribution in [2.75, 3.05) is 11.1 Å². The molecule has 0 unspecified atom stereocenters. The van der Waals surface area contributed by atoms with Gasteiger partial charge in [0.25, 0.3) is 0 Å². The summed E-state index contributed by atoms with van der Waals surface area (Å²) < 4.78 is 5.18. The average molecular weight is 505 g/mol. The summed E-state index contributed by atoms with van der Waals surface area (Å²) >= 11 is 2.82. The van der Waals surface area contributed by atoms with Crippen molar-refractivity contribution in [2.24, 2.45) is 0 Å². The normalized spacial score (nSPS) is 11.3. The predicted molar refractivity (Wildman–Crippen MR) is 149 cm³/mol. The number of benzene rings is 2. The maximum absolute atomic E-state index is 11.6. The number of anilines is 2. The van der Waals surface area contributed by atoms with Crippen molar-refractivity contribution in [1.29, 1.82) is 0 Å². The molecule has 2 aromatic carbocycles. The molecule has 8 heteroatoms. The number of nitrogen functional groups attached to an aromatic ring is 1. The third-order valence-corrected chi connectivity index (χ3v) is 5.63. The Morgan fingerprint density at radius 2 is 1.34 bits per heavy atom. The van der Waals surface area contributed by atoms with Crippen molar-refractivity contribution in [1.82, 2.24) is 9.97 Å². The second-order valence-corrected chi connectivity index (χ2v) is 10.1. The second-order valence-electron chi connectivity index (χ2n) is 8.30. The molecule has 2 heterocycles. The predicted octanol–water partition coefficient (Wildman–Crippen LogP) is 7.56. The Morgan fingerprint density at radius 3 is 1.83 bits per heavy atom. The number of thiazole rings is 2. The van der Waals surface area contributed by atoms with E-state index < -0.39 is 11.7 Å². The summed E-state index contributed by atoms with van der Waals surface area (Å²) in [6.45, 7) is 5.47. The molecule has 35 heavy (non-hydrogen) atoms. The van der Waals surface area contributed by atoms with Crippen molar-refractivity contribution in [3.63, 3.8) is 0 Å². The first-order chi connectivity index (χ1) is 16.8. The molecule has 0 aliphatic carbocycles. The minimum absolute atomic E-state index is 0.490. The first kappa shape index (κ1) is 25.9. The number of aromatic nitrogens is 2. The molecule has 0 bridgehead atoms. The van der Waals surface area contributed by atoms with Crippen LogP contribution in [0.25, 0.3) is 24.3 Å². The van der Waals surface area contributed by atoms with Gasteiger partial charge in [-0.2, -0.15) is 0 Å². The van der Waals surface area contributed by atoms with Gasteiger partial charge >= 0.3 is 6.09 Å². The number of ether oxygens (including phenoxy) is 1. The van der Waals surface area contributed by atoms with Gasteiger partial charge in [-0.3, -0.25) is 5.32 Å². The molecule has 0 atom stereocenters. The van der Waals surface area contributed by atoms with Crippen molar-refractivity contribution < 1.29 is 9.53 Å². The van der Waals surface area contributed by atoms with E-state index in [1.54, 1.807) is 0 Å². The zero-order valence-corrected chi connectivity index (χ0v) is 21.5. The van der Waals surface area contributed by atoms with Crippen LogP contribution in [0, 0.1) is 0 Å². The van der Waals surface area contributed by atoms with Crippen molar-refractivity contribution in [2.45, 2.75) is 26.4 Å². The third kappa shape index (κ3) is 9.95. The minimum atomic E-state index is -0.516. The molecule has 4 aromatic rings. The van der Waals surface area contributed by atoms with Gasteiger partial charge in [0.15, 0.2) is 10.3 Å². The summed E-state index contributed by atoms with van der Waals surface area (Å²) in [6.07, 6.45) is 7.38. The number of carbonyl (C=O) groups excluding carboxylic acids is 1. The Morgan fingerprint density at radius 1 is 0.829 bits per heavy atom. The highest BCUT2D eigenvalue weighted by atomic mass is 32.1. The average Bonchev–Trinajstić information content (AvgIpc) is 3.45. The summed E-state index contributed by atoms with van der Waals surface area (Å²) in [5.74, 6) is 0. The van der Waals surface area contributed by atoms with Crippen molar-refractivity contribution >= 4 is 63.3 Å². The molecule has 0 fully saturated rings. The van der Waals surface area contributed by atoms with Gasteiger partial charge in [0.1, 0.15) is 5.60 Å². The number of carbonyl (C=O) groups is 1. The molecule has 6 nitrogen and oxygen atoms in total. The van der Waals surface area contributed by atoms with Crippen LogP contribution < -0.4 is 11.1 Å². The lowest BCUT2D eigenvalue weighted by Crippen LogP contribution is -2.27. The van der Waals surface area contributed by atoms with Gasteiger partial charge in [-0.1, -0.05) is 72.8 Å². The summed E-state index contributed by atoms with van der Waals surface area (Å²) in [6, 6.07) is 20.1. The third-order valence-electron chi connectivity index (χ3n) is 4.16. The van der Waals surface area contributed by atoms with Crippen LogP contribution in [0.4, 0.5) is 15.1 Å². The van der Waals surface area contributed by atoms with E-state index in [2.05, 4.69) is 15.3 Å². The van der Waals surface area contributed by atoms with Crippen LogP contribution in [0.5, 0.6) is 0 Å². The van der Waals surface area contributed by atoms with Crippen LogP contribution in [-0.2, 0) is 4.74 Å². The molecule has 4 rings (SSSR count). The van der Waals surface area contributed by atoms with Gasteiger partial charge in [-0.25, -0.2) is 14.8 Å². The van der Waals surface area contributed by atoms with Gasteiger partial charge in [0.2, 0.25) is 0 Å². The number of hydrogen-bond acceptors (Lipinski definition) is 7. The lowest BCUT2D eigenvalue weighted by molar-refractivity contribution is 0.0636. The molecule has 0 spiro atoms. The summed E-state index contributed by atoms with van der Waals surface area (Å²) in [5.41, 5.74) is 8.99. The maximum Gasteiger partial charge on any atom is 0.413 e. The van der Waals surface area contributed by atoms with E-state index in [1.807, 2.05) is 116 Å². The van der Waals surface area contributed by atoms with E-state index in [0.29, 0.717) is 10.3 Å². The molecule has 0 aliphatic heterocycles.